The first-order valence-corrected chi connectivity index (χ1v) is 7.60. The number of pyridine rings is 1. The molecule has 1 unspecified atom stereocenters. The van der Waals surface area contributed by atoms with Crippen molar-refractivity contribution in [2.24, 2.45) is 0 Å². The fourth-order valence-corrected chi connectivity index (χ4v) is 2.59. The van der Waals surface area contributed by atoms with Gasteiger partial charge < -0.3 is 14.7 Å². The van der Waals surface area contributed by atoms with Crippen molar-refractivity contribution in [1.82, 2.24) is 14.8 Å². The summed E-state index contributed by atoms with van der Waals surface area (Å²) in [6.07, 6.45) is -3.21. The van der Waals surface area contributed by atoms with Crippen LogP contribution in [-0.2, 0) is 0 Å². The first-order valence-electron chi connectivity index (χ1n) is 7.60. The number of aliphatic hydroxyl groups is 1. The van der Waals surface area contributed by atoms with Crippen LogP contribution >= 0.6 is 0 Å². The van der Waals surface area contributed by atoms with Crippen LogP contribution in [0.1, 0.15) is 17.3 Å². The number of carbonyl (C=O) groups is 1. The van der Waals surface area contributed by atoms with E-state index >= 15 is 0 Å². The average Bonchev–Trinajstić information content (AvgIpc) is 2.53. The van der Waals surface area contributed by atoms with Crippen molar-refractivity contribution in [1.29, 1.82) is 0 Å². The normalized spacial score (nSPS) is 19.4. The molecule has 0 bridgehead atoms. The van der Waals surface area contributed by atoms with Crippen molar-refractivity contribution in [3.8, 4) is 5.88 Å². The number of aromatic nitrogens is 1. The van der Waals surface area contributed by atoms with Crippen LogP contribution in [-0.4, -0.2) is 77.4 Å². The minimum Gasteiger partial charge on any atom is -0.468 e. The molecule has 0 radical (unpaired) electrons. The summed E-state index contributed by atoms with van der Waals surface area (Å²) in [5, 5.41) is 8.97. The largest absolute Gasteiger partial charge is 0.468 e. The lowest BCUT2D eigenvalue weighted by Gasteiger charge is -2.39. The number of amides is 1. The Hall–Kier alpha value is -1.87. The first-order chi connectivity index (χ1) is 11.3. The molecule has 1 N–H and O–H groups in total. The SMILES string of the molecule is CC1CN(CCO)CCN1C(=O)c1ccc(OCC(F)(F)F)nc1. The highest BCUT2D eigenvalue weighted by Crippen LogP contribution is 2.18. The summed E-state index contributed by atoms with van der Waals surface area (Å²) in [4.78, 5) is 20.0. The predicted octanol–water partition coefficient (Wildman–Crippen LogP) is 1.16. The van der Waals surface area contributed by atoms with Gasteiger partial charge in [0.1, 0.15) is 0 Å². The fraction of sp³-hybridized carbons (Fsp3) is 0.600. The lowest BCUT2D eigenvalue weighted by atomic mass is 10.1. The van der Waals surface area contributed by atoms with E-state index in [2.05, 4.69) is 14.6 Å². The molecule has 0 spiro atoms. The van der Waals surface area contributed by atoms with Crippen molar-refractivity contribution in [3.05, 3.63) is 23.9 Å². The molecule has 1 amide bonds. The number of piperazine rings is 1. The number of halogens is 3. The molecule has 6 nitrogen and oxygen atoms in total. The third-order valence-corrected chi connectivity index (χ3v) is 3.76. The Morgan fingerprint density at radius 1 is 1.42 bits per heavy atom. The monoisotopic (exact) mass is 347 g/mol. The number of hydrogen-bond donors (Lipinski definition) is 1. The summed E-state index contributed by atoms with van der Waals surface area (Å²) >= 11 is 0. The summed E-state index contributed by atoms with van der Waals surface area (Å²) < 4.78 is 40.8. The lowest BCUT2D eigenvalue weighted by molar-refractivity contribution is -0.154. The molecular formula is C15H20F3N3O3. The Balaban J connectivity index is 1.95. The molecule has 1 aromatic rings. The zero-order valence-corrected chi connectivity index (χ0v) is 13.3. The molecule has 9 heteroatoms. The maximum absolute atomic E-state index is 12.5. The van der Waals surface area contributed by atoms with E-state index in [0.717, 1.165) is 0 Å². The summed E-state index contributed by atoms with van der Waals surface area (Å²) in [6.45, 7) is 2.98. The second kappa shape index (κ2) is 7.80. The predicted molar refractivity (Wildman–Crippen MR) is 79.8 cm³/mol. The van der Waals surface area contributed by atoms with Crippen molar-refractivity contribution in [2.75, 3.05) is 39.4 Å². The molecule has 1 aliphatic rings. The topological polar surface area (TPSA) is 65.9 Å². The zero-order chi connectivity index (χ0) is 17.7. The summed E-state index contributed by atoms with van der Waals surface area (Å²) in [6, 6.07) is 2.64. The average molecular weight is 347 g/mol. The van der Waals surface area contributed by atoms with E-state index in [0.29, 0.717) is 31.7 Å². The highest BCUT2D eigenvalue weighted by Gasteiger charge is 2.29. The zero-order valence-electron chi connectivity index (χ0n) is 13.3. The van der Waals surface area contributed by atoms with Crippen molar-refractivity contribution >= 4 is 5.91 Å². The number of β-amino-alcohol motifs (C(OH)–C–C–N with tert-alkyl or cyclic N) is 1. The van der Waals surface area contributed by atoms with E-state index in [1.54, 1.807) is 4.90 Å². The Morgan fingerprint density at radius 2 is 2.17 bits per heavy atom. The van der Waals surface area contributed by atoms with Gasteiger partial charge in [-0.1, -0.05) is 0 Å². The number of nitrogens with zero attached hydrogens (tertiary/aromatic N) is 3. The Morgan fingerprint density at radius 3 is 2.71 bits per heavy atom. The van der Waals surface area contributed by atoms with Gasteiger partial charge in [0.05, 0.1) is 12.2 Å². The third-order valence-electron chi connectivity index (χ3n) is 3.76. The van der Waals surface area contributed by atoms with Crippen LogP contribution < -0.4 is 4.74 Å². The van der Waals surface area contributed by atoms with Gasteiger partial charge in [-0.3, -0.25) is 9.69 Å². The summed E-state index contributed by atoms with van der Waals surface area (Å²) in [7, 11) is 0. The van der Waals surface area contributed by atoms with Gasteiger partial charge in [-0.2, -0.15) is 13.2 Å². The van der Waals surface area contributed by atoms with E-state index in [-0.39, 0.29) is 24.4 Å². The first kappa shape index (κ1) is 18.5. The van der Waals surface area contributed by atoms with Crippen molar-refractivity contribution in [3.63, 3.8) is 0 Å². The highest BCUT2D eigenvalue weighted by molar-refractivity contribution is 5.94. The molecule has 0 aliphatic carbocycles. The van der Waals surface area contributed by atoms with E-state index < -0.39 is 12.8 Å². The standard InChI is InChI=1S/C15H20F3N3O3/c1-11-9-20(6-7-22)4-5-21(11)14(23)12-2-3-13(19-8-12)24-10-15(16,17)18/h2-3,8,11,22H,4-7,9-10H2,1H3. The van der Waals surface area contributed by atoms with Crippen LogP contribution in [0.3, 0.4) is 0 Å². The minimum absolute atomic E-state index is 0.0287. The van der Waals surface area contributed by atoms with Gasteiger partial charge in [-0.25, -0.2) is 4.98 Å². The van der Waals surface area contributed by atoms with Crippen LogP contribution in [0.25, 0.3) is 0 Å². The van der Waals surface area contributed by atoms with Gasteiger partial charge in [0.25, 0.3) is 5.91 Å². The van der Waals surface area contributed by atoms with E-state index in [1.165, 1.54) is 18.3 Å². The summed E-state index contributed by atoms with van der Waals surface area (Å²) in [5.41, 5.74) is 0.303. The van der Waals surface area contributed by atoms with Gasteiger partial charge in [0, 0.05) is 44.5 Å². The maximum atomic E-state index is 12.5. The van der Waals surface area contributed by atoms with Crippen LogP contribution in [0, 0.1) is 0 Å². The number of aliphatic hydroxyl groups excluding tert-OH is 1. The lowest BCUT2D eigenvalue weighted by Crippen LogP contribution is -2.54. The van der Waals surface area contributed by atoms with Gasteiger partial charge >= 0.3 is 6.18 Å². The van der Waals surface area contributed by atoms with Crippen LogP contribution in [0.4, 0.5) is 13.2 Å². The Kier molecular flexibility index (Phi) is 6.00. The van der Waals surface area contributed by atoms with Gasteiger partial charge in [-0.15, -0.1) is 0 Å². The van der Waals surface area contributed by atoms with Gasteiger partial charge in [0.2, 0.25) is 5.88 Å². The van der Waals surface area contributed by atoms with Gasteiger partial charge in [-0.05, 0) is 13.0 Å². The number of rotatable bonds is 5. The molecule has 0 saturated carbocycles. The molecule has 2 heterocycles. The van der Waals surface area contributed by atoms with Crippen LogP contribution in [0.15, 0.2) is 18.3 Å². The van der Waals surface area contributed by atoms with E-state index in [4.69, 9.17) is 5.11 Å². The smallest absolute Gasteiger partial charge is 0.422 e. The maximum Gasteiger partial charge on any atom is 0.422 e. The number of carbonyl (C=O) groups excluding carboxylic acids is 1. The number of alkyl halides is 3. The molecule has 1 saturated heterocycles. The fourth-order valence-electron chi connectivity index (χ4n) is 2.59. The molecule has 0 aromatic carbocycles. The molecule has 1 atom stereocenters. The molecule has 134 valence electrons. The molecule has 1 fully saturated rings. The summed E-state index contributed by atoms with van der Waals surface area (Å²) in [5.74, 6) is -0.397. The molecule has 2 rings (SSSR count). The van der Waals surface area contributed by atoms with Crippen molar-refractivity contribution < 1.29 is 27.8 Å². The van der Waals surface area contributed by atoms with Gasteiger partial charge in [0.15, 0.2) is 6.61 Å². The van der Waals surface area contributed by atoms with Crippen LogP contribution in [0.5, 0.6) is 5.88 Å². The third kappa shape index (κ3) is 5.07. The van der Waals surface area contributed by atoms with E-state index in [1.807, 2.05) is 6.92 Å². The second-order valence-corrected chi connectivity index (χ2v) is 5.66. The molecule has 1 aliphatic heterocycles. The molecular weight excluding hydrogens is 327 g/mol. The molecule has 1 aromatic heterocycles. The number of ether oxygens (including phenoxy) is 1. The minimum atomic E-state index is -4.43. The Labute approximate surface area is 137 Å². The quantitative estimate of drug-likeness (QED) is 0.866. The van der Waals surface area contributed by atoms with Crippen LogP contribution in [0.2, 0.25) is 0 Å². The highest BCUT2D eigenvalue weighted by atomic mass is 19.4. The Bertz CT molecular complexity index is 551. The molecule has 24 heavy (non-hydrogen) atoms. The number of hydrogen-bond acceptors (Lipinski definition) is 5. The van der Waals surface area contributed by atoms with E-state index in [9.17, 15) is 18.0 Å². The second-order valence-electron chi connectivity index (χ2n) is 5.66. The van der Waals surface area contributed by atoms with Crippen molar-refractivity contribution in [2.45, 2.75) is 19.1 Å².